The van der Waals surface area contributed by atoms with Gasteiger partial charge in [-0.1, -0.05) is 54.6 Å². The molecule has 0 bridgehead atoms. The van der Waals surface area contributed by atoms with Crippen LogP contribution >= 0.6 is 11.8 Å². The molecule has 0 saturated carbocycles. The first-order valence-electron chi connectivity index (χ1n) is 12.1. The van der Waals surface area contributed by atoms with E-state index in [-0.39, 0.29) is 17.4 Å². The molecular weight excluding hydrogens is 510 g/mol. The van der Waals surface area contributed by atoms with Crippen LogP contribution in [-0.4, -0.2) is 30.6 Å². The number of ether oxygens (including phenoxy) is 1. The van der Waals surface area contributed by atoms with Crippen LogP contribution in [0.5, 0.6) is 5.75 Å². The van der Waals surface area contributed by atoms with E-state index in [1.54, 1.807) is 79.9 Å². The average molecular weight is 538 g/mol. The van der Waals surface area contributed by atoms with Crippen molar-refractivity contribution in [2.24, 2.45) is 0 Å². The van der Waals surface area contributed by atoms with Gasteiger partial charge < -0.3 is 20.7 Å². The summed E-state index contributed by atoms with van der Waals surface area (Å²) in [6.45, 7) is 0. The van der Waals surface area contributed by atoms with E-state index < -0.39 is 11.8 Å². The number of benzene rings is 4. The van der Waals surface area contributed by atoms with Crippen molar-refractivity contribution < 1.29 is 19.1 Å². The van der Waals surface area contributed by atoms with Crippen LogP contribution in [-0.2, 0) is 9.59 Å². The van der Waals surface area contributed by atoms with Crippen LogP contribution in [0.3, 0.4) is 0 Å². The summed E-state index contributed by atoms with van der Waals surface area (Å²) < 4.78 is 5.20. The summed E-state index contributed by atoms with van der Waals surface area (Å²) in [6.07, 6.45) is 1.60. The number of nitrogens with one attached hydrogen (secondary N) is 3. The minimum Gasteiger partial charge on any atom is -0.497 e. The fraction of sp³-hybridized carbons (Fsp3) is 0.0645. The van der Waals surface area contributed by atoms with Gasteiger partial charge in [-0.15, -0.1) is 11.8 Å². The molecule has 0 aromatic heterocycles. The minimum atomic E-state index is -0.487. The van der Waals surface area contributed by atoms with Crippen molar-refractivity contribution in [3.63, 3.8) is 0 Å². The van der Waals surface area contributed by atoms with Gasteiger partial charge in [0.25, 0.3) is 11.8 Å². The predicted octanol–water partition coefficient (Wildman–Crippen LogP) is 5.84. The monoisotopic (exact) mass is 537 g/mol. The van der Waals surface area contributed by atoms with Crippen LogP contribution in [0.2, 0.25) is 0 Å². The normalized spacial score (nSPS) is 10.8. The molecular formula is C31H27N3O4S. The average Bonchev–Trinajstić information content (AvgIpc) is 2.97. The summed E-state index contributed by atoms with van der Waals surface area (Å²) in [7, 11) is 1.58. The zero-order chi connectivity index (χ0) is 27.5. The lowest BCUT2D eigenvalue weighted by atomic mass is 10.1. The van der Waals surface area contributed by atoms with Gasteiger partial charge in [0.2, 0.25) is 5.91 Å². The second-order valence-electron chi connectivity index (χ2n) is 8.34. The molecule has 7 nitrogen and oxygen atoms in total. The summed E-state index contributed by atoms with van der Waals surface area (Å²) >= 11 is 1.35. The topological polar surface area (TPSA) is 96.5 Å². The molecule has 0 heterocycles. The first kappa shape index (κ1) is 27.2. The van der Waals surface area contributed by atoms with Crippen LogP contribution in [0, 0.1) is 0 Å². The van der Waals surface area contributed by atoms with Gasteiger partial charge in [0.1, 0.15) is 11.4 Å². The molecule has 3 N–H and O–H groups in total. The Hall–Kier alpha value is -4.82. The molecule has 3 amide bonds. The lowest BCUT2D eigenvalue weighted by Crippen LogP contribution is -2.30. The van der Waals surface area contributed by atoms with Gasteiger partial charge >= 0.3 is 0 Å². The molecule has 0 unspecified atom stereocenters. The van der Waals surface area contributed by atoms with Crippen molar-refractivity contribution in [1.29, 1.82) is 0 Å². The van der Waals surface area contributed by atoms with Gasteiger partial charge in [-0.2, -0.15) is 0 Å². The van der Waals surface area contributed by atoms with Gasteiger partial charge in [0, 0.05) is 21.8 Å². The number of anilines is 2. The molecule has 4 aromatic rings. The molecule has 0 atom stereocenters. The maximum atomic E-state index is 13.3. The zero-order valence-corrected chi connectivity index (χ0v) is 22.0. The first-order chi connectivity index (χ1) is 19.0. The first-order valence-corrected chi connectivity index (χ1v) is 13.1. The fourth-order valence-corrected chi connectivity index (χ4v) is 4.29. The molecule has 0 radical (unpaired) electrons. The minimum absolute atomic E-state index is 0.0781. The molecule has 0 fully saturated rings. The number of methoxy groups -OCH3 is 1. The van der Waals surface area contributed by atoms with Crippen LogP contribution in [0.15, 0.2) is 120 Å². The Morgan fingerprint density at radius 1 is 0.769 bits per heavy atom. The fourth-order valence-electron chi connectivity index (χ4n) is 3.54. The summed E-state index contributed by atoms with van der Waals surface area (Å²) in [5.74, 6) is -0.132. The van der Waals surface area contributed by atoms with Crippen LogP contribution in [0.4, 0.5) is 11.4 Å². The van der Waals surface area contributed by atoms with Crippen molar-refractivity contribution in [1.82, 2.24) is 5.32 Å². The summed E-state index contributed by atoms with van der Waals surface area (Å²) in [5.41, 5.74) is 2.48. The quantitative estimate of drug-likeness (QED) is 0.175. The molecule has 0 spiro atoms. The SMILES string of the molecule is COc1ccc(/C=C(/NC(=O)c2ccccc2)C(=O)Nc2cccc(SCC(=O)Nc3ccccc3)c2)cc1. The van der Waals surface area contributed by atoms with Crippen LogP contribution in [0.1, 0.15) is 15.9 Å². The molecule has 0 aliphatic rings. The van der Waals surface area contributed by atoms with E-state index >= 15 is 0 Å². The van der Waals surface area contributed by atoms with Crippen LogP contribution in [0.25, 0.3) is 6.08 Å². The summed E-state index contributed by atoms with van der Waals surface area (Å²) in [6, 6.07) is 32.2. The molecule has 4 aromatic carbocycles. The van der Waals surface area contributed by atoms with Gasteiger partial charge in [-0.3, -0.25) is 14.4 Å². The highest BCUT2D eigenvalue weighted by Crippen LogP contribution is 2.23. The number of thioether (sulfide) groups is 1. The van der Waals surface area contributed by atoms with E-state index in [9.17, 15) is 14.4 Å². The molecule has 0 aliphatic heterocycles. The molecule has 196 valence electrons. The Bertz CT molecular complexity index is 1460. The van der Waals surface area contributed by atoms with E-state index in [0.29, 0.717) is 22.6 Å². The van der Waals surface area contributed by atoms with E-state index in [2.05, 4.69) is 16.0 Å². The van der Waals surface area contributed by atoms with Crippen LogP contribution < -0.4 is 20.7 Å². The Morgan fingerprint density at radius 2 is 1.44 bits per heavy atom. The maximum Gasteiger partial charge on any atom is 0.272 e. The van der Waals surface area contributed by atoms with Gasteiger partial charge in [-0.05, 0) is 66.2 Å². The second-order valence-corrected chi connectivity index (χ2v) is 9.38. The lowest BCUT2D eigenvalue weighted by molar-refractivity contribution is -0.114. The number of hydrogen-bond acceptors (Lipinski definition) is 5. The standard InChI is InChI=1S/C31H27N3O4S/c1-38-26-17-15-22(16-18-26)19-28(34-30(36)23-9-4-2-5-10-23)31(37)33-25-13-8-14-27(20-25)39-21-29(35)32-24-11-6-3-7-12-24/h2-20H,21H2,1H3,(H,32,35)(H,33,37)(H,34,36)/b28-19+. The summed E-state index contributed by atoms with van der Waals surface area (Å²) in [5, 5.41) is 8.43. The highest BCUT2D eigenvalue weighted by molar-refractivity contribution is 8.00. The van der Waals surface area contributed by atoms with E-state index in [1.807, 2.05) is 42.5 Å². The maximum absolute atomic E-state index is 13.3. The molecule has 0 saturated heterocycles. The number of amides is 3. The van der Waals surface area contributed by atoms with Gasteiger partial charge in [0.15, 0.2) is 0 Å². The Morgan fingerprint density at radius 3 is 2.13 bits per heavy atom. The van der Waals surface area contributed by atoms with Crippen molar-refractivity contribution in [2.75, 3.05) is 23.5 Å². The largest absolute Gasteiger partial charge is 0.497 e. The number of rotatable bonds is 10. The van der Waals surface area contributed by atoms with E-state index in [0.717, 1.165) is 10.6 Å². The number of carbonyl (C=O) groups is 3. The third kappa shape index (κ3) is 8.34. The zero-order valence-electron chi connectivity index (χ0n) is 21.2. The van der Waals surface area contributed by atoms with Crippen molar-refractivity contribution in [3.05, 3.63) is 126 Å². The number of carbonyl (C=O) groups excluding carboxylic acids is 3. The molecule has 39 heavy (non-hydrogen) atoms. The van der Waals surface area contributed by atoms with Crippen molar-refractivity contribution >= 4 is 46.9 Å². The highest BCUT2D eigenvalue weighted by atomic mass is 32.2. The Labute approximate surface area is 231 Å². The third-order valence-electron chi connectivity index (χ3n) is 5.47. The van der Waals surface area contributed by atoms with Crippen molar-refractivity contribution in [2.45, 2.75) is 4.90 Å². The number of hydrogen-bond donors (Lipinski definition) is 3. The molecule has 0 aliphatic carbocycles. The second kappa shape index (κ2) is 13.6. The smallest absolute Gasteiger partial charge is 0.272 e. The Kier molecular flexibility index (Phi) is 9.52. The molecule has 4 rings (SSSR count). The van der Waals surface area contributed by atoms with Crippen molar-refractivity contribution in [3.8, 4) is 5.75 Å². The number of para-hydroxylation sites is 1. The van der Waals surface area contributed by atoms with E-state index in [4.69, 9.17) is 4.74 Å². The third-order valence-corrected chi connectivity index (χ3v) is 6.47. The van der Waals surface area contributed by atoms with E-state index in [1.165, 1.54) is 11.8 Å². The van der Waals surface area contributed by atoms with Gasteiger partial charge in [0.05, 0.1) is 12.9 Å². The Balaban J connectivity index is 1.46. The summed E-state index contributed by atoms with van der Waals surface area (Å²) in [4.78, 5) is 39.3. The van der Waals surface area contributed by atoms with Gasteiger partial charge in [-0.25, -0.2) is 0 Å². The highest BCUT2D eigenvalue weighted by Gasteiger charge is 2.15. The molecule has 8 heteroatoms. The predicted molar refractivity (Wildman–Crippen MR) is 156 cm³/mol. The lowest BCUT2D eigenvalue weighted by Gasteiger charge is -2.12.